The summed E-state index contributed by atoms with van der Waals surface area (Å²) in [7, 11) is 0. The maximum Gasteiger partial charge on any atom is 0.261 e. The van der Waals surface area contributed by atoms with Crippen molar-refractivity contribution in [3.63, 3.8) is 0 Å². The molecule has 4 heteroatoms. The lowest BCUT2D eigenvalue weighted by Gasteiger charge is -2.27. The van der Waals surface area contributed by atoms with Crippen molar-refractivity contribution < 1.29 is 14.3 Å². The van der Waals surface area contributed by atoms with Crippen LogP contribution in [0.25, 0.3) is 0 Å². The zero-order chi connectivity index (χ0) is 12.9. The first-order valence-electron chi connectivity index (χ1n) is 6.20. The van der Waals surface area contributed by atoms with Crippen molar-refractivity contribution in [1.82, 2.24) is 4.90 Å². The zero-order valence-corrected chi connectivity index (χ0v) is 10.4. The number of nitrogens with zero attached hydrogens (tertiary/aromatic N) is 1. The van der Waals surface area contributed by atoms with Gasteiger partial charge in [-0.05, 0) is 18.1 Å². The fourth-order valence-electron chi connectivity index (χ4n) is 2.63. The molecule has 0 spiro atoms. The van der Waals surface area contributed by atoms with Gasteiger partial charge >= 0.3 is 0 Å². The molecule has 94 valence electrons. The Morgan fingerprint density at radius 2 is 1.67 bits per heavy atom. The lowest BCUT2D eigenvalue weighted by atomic mass is 9.99. The van der Waals surface area contributed by atoms with E-state index in [1.165, 1.54) is 4.90 Å². The number of ether oxygens (including phenoxy) is 1. The molecule has 4 nitrogen and oxygen atoms in total. The molecule has 1 fully saturated rings. The van der Waals surface area contributed by atoms with Crippen LogP contribution in [0.4, 0.5) is 0 Å². The number of hydrogen-bond acceptors (Lipinski definition) is 3. The molecule has 0 bridgehead atoms. The molecule has 2 aliphatic heterocycles. The minimum Gasteiger partial charge on any atom is -0.371 e. The average Bonchev–Trinajstić information content (AvgIpc) is 3.14. The smallest absolute Gasteiger partial charge is 0.261 e. The summed E-state index contributed by atoms with van der Waals surface area (Å²) in [6.45, 7) is 4.65. The average molecular weight is 245 g/mol. The number of benzene rings is 1. The van der Waals surface area contributed by atoms with Gasteiger partial charge in [-0.1, -0.05) is 26.0 Å². The number of epoxide rings is 1. The van der Waals surface area contributed by atoms with Gasteiger partial charge in [-0.2, -0.15) is 0 Å². The standard InChI is InChI=1S/C14H15NO3/c1-8(2)12(11-7-18-11)15-13(16)9-5-3-4-6-10(9)14(15)17/h3-6,8,11-12H,7H2,1-2H3/t11-,12+/m0/s1. The Labute approximate surface area is 106 Å². The van der Waals surface area contributed by atoms with Gasteiger partial charge in [0.2, 0.25) is 0 Å². The van der Waals surface area contributed by atoms with E-state index in [1.807, 2.05) is 13.8 Å². The van der Waals surface area contributed by atoms with Crippen LogP contribution in [-0.2, 0) is 4.74 Å². The van der Waals surface area contributed by atoms with Crippen molar-refractivity contribution in [1.29, 1.82) is 0 Å². The first-order valence-corrected chi connectivity index (χ1v) is 6.20. The van der Waals surface area contributed by atoms with Gasteiger partial charge in [0.1, 0.15) is 6.10 Å². The minimum atomic E-state index is -0.190. The predicted molar refractivity (Wildman–Crippen MR) is 65.3 cm³/mol. The van der Waals surface area contributed by atoms with Gasteiger partial charge in [-0.15, -0.1) is 0 Å². The van der Waals surface area contributed by atoms with E-state index in [2.05, 4.69) is 0 Å². The van der Waals surface area contributed by atoms with Crippen molar-refractivity contribution in [2.75, 3.05) is 6.61 Å². The fraction of sp³-hybridized carbons (Fsp3) is 0.429. The lowest BCUT2D eigenvalue weighted by Crippen LogP contribution is -2.46. The first kappa shape index (κ1) is 11.4. The molecule has 0 radical (unpaired) electrons. The predicted octanol–water partition coefficient (Wildman–Crippen LogP) is 1.71. The summed E-state index contributed by atoms with van der Waals surface area (Å²) < 4.78 is 5.29. The van der Waals surface area contributed by atoms with Crippen molar-refractivity contribution in [2.45, 2.75) is 26.0 Å². The minimum absolute atomic E-state index is 0.00668. The highest BCUT2D eigenvalue weighted by Gasteiger charge is 2.47. The van der Waals surface area contributed by atoms with Crippen LogP contribution in [0.15, 0.2) is 24.3 Å². The third-order valence-electron chi connectivity index (χ3n) is 3.55. The molecular formula is C14H15NO3. The highest BCUT2D eigenvalue weighted by Crippen LogP contribution is 2.32. The summed E-state index contributed by atoms with van der Waals surface area (Å²) in [5.41, 5.74) is 1.02. The van der Waals surface area contributed by atoms with Gasteiger partial charge in [0.25, 0.3) is 11.8 Å². The second kappa shape index (κ2) is 3.92. The first-order chi connectivity index (χ1) is 8.61. The Hall–Kier alpha value is -1.68. The number of carbonyl (C=O) groups is 2. The van der Waals surface area contributed by atoms with E-state index in [0.717, 1.165) is 0 Å². The van der Waals surface area contributed by atoms with Crippen LogP contribution in [0.1, 0.15) is 34.6 Å². The number of imide groups is 1. The highest BCUT2D eigenvalue weighted by molar-refractivity contribution is 6.21. The van der Waals surface area contributed by atoms with E-state index < -0.39 is 0 Å². The zero-order valence-electron chi connectivity index (χ0n) is 10.4. The summed E-state index contributed by atoms with van der Waals surface area (Å²) in [5.74, 6) is -0.186. The number of rotatable bonds is 3. The fourth-order valence-corrected chi connectivity index (χ4v) is 2.63. The third-order valence-corrected chi connectivity index (χ3v) is 3.55. The molecule has 3 rings (SSSR count). The van der Waals surface area contributed by atoms with Crippen LogP contribution >= 0.6 is 0 Å². The van der Waals surface area contributed by atoms with Crippen molar-refractivity contribution in [3.8, 4) is 0 Å². The van der Waals surface area contributed by atoms with E-state index in [0.29, 0.717) is 17.7 Å². The maximum atomic E-state index is 12.3. The van der Waals surface area contributed by atoms with E-state index in [-0.39, 0.29) is 29.9 Å². The molecular weight excluding hydrogens is 230 g/mol. The summed E-state index contributed by atoms with van der Waals surface area (Å²) >= 11 is 0. The van der Waals surface area contributed by atoms with Crippen LogP contribution in [0, 0.1) is 5.92 Å². The summed E-state index contributed by atoms with van der Waals surface area (Å²) in [6, 6.07) is 6.83. The molecule has 0 saturated carbocycles. The van der Waals surface area contributed by atoms with Crippen LogP contribution < -0.4 is 0 Å². The molecule has 0 aliphatic carbocycles. The molecule has 0 N–H and O–H groups in total. The largest absolute Gasteiger partial charge is 0.371 e. The van der Waals surface area contributed by atoms with Gasteiger partial charge in [-0.3, -0.25) is 14.5 Å². The van der Waals surface area contributed by atoms with Crippen molar-refractivity contribution >= 4 is 11.8 Å². The van der Waals surface area contributed by atoms with Gasteiger partial charge in [-0.25, -0.2) is 0 Å². The normalized spacial score (nSPS) is 23.5. The summed E-state index contributed by atoms with van der Waals surface area (Å²) in [6.07, 6.45) is 0.00668. The molecule has 0 unspecified atom stereocenters. The Morgan fingerprint density at radius 1 is 1.17 bits per heavy atom. The molecule has 1 aromatic carbocycles. The highest BCUT2D eigenvalue weighted by atomic mass is 16.6. The monoisotopic (exact) mass is 245 g/mol. The van der Waals surface area contributed by atoms with Crippen molar-refractivity contribution in [2.24, 2.45) is 5.92 Å². The van der Waals surface area contributed by atoms with Crippen LogP contribution in [0.3, 0.4) is 0 Å². The van der Waals surface area contributed by atoms with Gasteiger partial charge in [0.05, 0.1) is 23.8 Å². The van der Waals surface area contributed by atoms with E-state index >= 15 is 0 Å². The number of amides is 2. The van der Waals surface area contributed by atoms with Gasteiger partial charge in [0, 0.05) is 0 Å². The molecule has 1 aromatic rings. The number of hydrogen-bond donors (Lipinski definition) is 0. The topological polar surface area (TPSA) is 49.9 Å². The van der Waals surface area contributed by atoms with E-state index in [4.69, 9.17) is 4.74 Å². The summed E-state index contributed by atoms with van der Waals surface area (Å²) in [5, 5.41) is 0. The second-order valence-corrected chi connectivity index (χ2v) is 5.13. The Bertz CT molecular complexity index is 483. The van der Waals surface area contributed by atoms with E-state index in [9.17, 15) is 9.59 Å². The second-order valence-electron chi connectivity index (χ2n) is 5.13. The molecule has 0 aromatic heterocycles. The van der Waals surface area contributed by atoms with E-state index in [1.54, 1.807) is 24.3 Å². The number of fused-ring (bicyclic) bond motifs is 1. The van der Waals surface area contributed by atoms with Crippen LogP contribution in [0.5, 0.6) is 0 Å². The lowest BCUT2D eigenvalue weighted by molar-refractivity contribution is 0.0503. The molecule has 2 heterocycles. The molecule has 1 saturated heterocycles. The molecule has 2 amide bonds. The van der Waals surface area contributed by atoms with Gasteiger partial charge in [0.15, 0.2) is 0 Å². The summed E-state index contributed by atoms with van der Waals surface area (Å²) in [4.78, 5) is 26.1. The molecule has 2 aliphatic rings. The molecule has 2 atom stereocenters. The Balaban J connectivity index is 2.00. The Morgan fingerprint density at radius 3 is 2.06 bits per heavy atom. The maximum absolute atomic E-state index is 12.3. The number of carbonyl (C=O) groups excluding carboxylic acids is 2. The molecule has 18 heavy (non-hydrogen) atoms. The van der Waals surface area contributed by atoms with Gasteiger partial charge < -0.3 is 4.74 Å². The Kier molecular flexibility index (Phi) is 2.48. The van der Waals surface area contributed by atoms with Crippen LogP contribution in [0.2, 0.25) is 0 Å². The van der Waals surface area contributed by atoms with Crippen molar-refractivity contribution in [3.05, 3.63) is 35.4 Å². The third kappa shape index (κ3) is 1.56. The quantitative estimate of drug-likeness (QED) is 0.601. The van der Waals surface area contributed by atoms with Crippen LogP contribution in [-0.4, -0.2) is 35.5 Å². The SMILES string of the molecule is CC(C)[C@H]([C@@H]1CO1)N1C(=O)c2ccccc2C1=O.